The third-order valence-corrected chi connectivity index (χ3v) is 6.92. The van der Waals surface area contributed by atoms with Crippen molar-refractivity contribution in [2.45, 2.75) is 23.4 Å². The molecule has 5 rings (SSSR count). The van der Waals surface area contributed by atoms with Crippen molar-refractivity contribution in [2.24, 2.45) is 0 Å². The van der Waals surface area contributed by atoms with Gasteiger partial charge in [-0.15, -0.1) is 0 Å². The fourth-order valence-corrected chi connectivity index (χ4v) is 5.31. The van der Waals surface area contributed by atoms with Gasteiger partial charge in [0.15, 0.2) is 0 Å². The average Bonchev–Trinajstić information content (AvgIpc) is 3.18. The van der Waals surface area contributed by atoms with E-state index >= 15 is 0 Å². The molecule has 26 heavy (non-hydrogen) atoms. The number of nitrogens with one attached hydrogen (secondary N) is 1. The molecule has 0 saturated carbocycles. The van der Waals surface area contributed by atoms with Gasteiger partial charge in [0.05, 0.1) is 22.8 Å². The molecule has 0 aliphatic carbocycles. The summed E-state index contributed by atoms with van der Waals surface area (Å²) in [5, 5.41) is 7.94. The normalized spacial score (nSPS) is 20.7. The van der Waals surface area contributed by atoms with E-state index in [4.69, 9.17) is 11.6 Å². The van der Waals surface area contributed by atoms with Crippen molar-refractivity contribution >= 4 is 21.6 Å². The van der Waals surface area contributed by atoms with Crippen LogP contribution >= 0.6 is 11.6 Å². The van der Waals surface area contributed by atoms with Crippen LogP contribution in [0.2, 0.25) is 5.02 Å². The Bertz CT molecular complexity index is 1140. The minimum Gasteiger partial charge on any atom is -0.299 e. The lowest BCUT2D eigenvalue weighted by atomic mass is 10.00. The Labute approximate surface area is 154 Å². The summed E-state index contributed by atoms with van der Waals surface area (Å²) in [7, 11) is -3.85. The zero-order valence-corrected chi connectivity index (χ0v) is 14.9. The Balaban J connectivity index is 1.65. The smallest absolute Gasteiger partial charge is 0.283 e. The number of fused-ring (bicyclic) bond motifs is 7. The highest BCUT2D eigenvalue weighted by molar-refractivity contribution is 7.89. The maximum Gasteiger partial charge on any atom is 0.283 e. The van der Waals surface area contributed by atoms with Crippen LogP contribution in [0.1, 0.15) is 34.5 Å². The van der Waals surface area contributed by atoms with Crippen molar-refractivity contribution in [3.8, 4) is 0 Å². The van der Waals surface area contributed by atoms with Gasteiger partial charge in [0, 0.05) is 28.6 Å². The first kappa shape index (κ1) is 16.0. The molecule has 2 atom stereocenters. The largest absolute Gasteiger partial charge is 0.299 e. The fourth-order valence-electron chi connectivity index (χ4n) is 3.86. The van der Waals surface area contributed by atoms with Gasteiger partial charge >= 0.3 is 0 Å². The molecule has 1 aromatic heterocycles. The van der Waals surface area contributed by atoms with Crippen molar-refractivity contribution < 1.29 is 12.8 Å². The van der Waals surface area contributed by atoms with Gasteiger partial charge in [0.2, 0.25) is 0 Å². The van der Waals surface area contributed by atoms with Gasteiger partial charge in [-0.25, -0.2) is 4.39 Å². The number of nitrogens with zero attached hydrogens (tertiary/aromatic N) is 2. The second kappa shape index (κ2) is 5.39. The van der Waals surface area contributed by atoms with Gasteiger partial charge in [-0.1, -0.05) is 23.7 Å². The van der Waals surface area contributed by atoms with Gasteiger partial charge in [0.1, 0.15) is 5.82 Å². The number of halogens is 2. The molecular formula is C18H13ClFN3O2S. The number of hydrogen-bond acceptors (Lipinski definition) is 4. The molecule has 132 valence electrons. The molecule has 2 aromatic carbocycles. The maximum atomic E-state index is 14.4. The first-order valence-electron chi connectivity index (χ1n) is 8.09. The van der Waals surface area contributed by atoms with Gasteiger partial charge in [-0.2, -0.15) is 17.6 Å². The fraction of sp³-hybridized carbons (Fsp3) is 0.167. The summed E-state index contributed by atoms with van der Waals surface area (Å²) >= 11 is 5.85. The van der Waals surface area contributed by atoms with E-state index in [1.165, 1.54) is 36.5 Å². The summed E-state index contributed by atoms with van der Waals surface area (Å²) in [6.45, 7) is 0. The lowest BCUT2D eigenvalue weighted by Crippen LogP contribution is -2.29. The monoisotopic (exact) mass is 389 g/mol. The second-order valence-corrected chi connectivity index (χ2v) is 8.65. The van der Waals surface area contributed by atoms with Crippen LogP contribution in [0.25, 0.3) is 0 Å². The van der Waals surface area contributed by atoms with Crippen molar-refractivity contribution in [3.05, 3.63) is 81.9 Å². The number of benzene rings is 2. The zero-order chi connectivity index (χ0) is 18.1. The van der Waals surface area contributed by atoms with E-state index in [-0.39, 0.29) is 22.8 Å². The maximum absolute atomic E-state index is 14.4. The lowest BCUT2D eigenvalue weighted by molar-refractivity contribution is 0.485. The summed E-state index contributed by atoms with van der Waals surface area (Å²) in [5.41, 5.74) is 2.74. The Morgan fingerprint density at radius 3 is 2.69 bits per heavy atom. The van der Waals surface area contributed by atoms with Crippen LogP contribution < -0.4 is 5.32 Å². The van der Waals surface area contributed by atoms with Crippen molar-refractivity contribution in [2.75, 3.05) is 0 Å². The minimum absolute atomic E-state index is 0.113. The summed E-state index contributed by atoms with van der Waals surface area (Å²) in [5.74, 6) is -0.288. The van der Waals surface area contributed by atoms with E-state index in [1.54, 1.807) is 6.07 Å². The van der Waals surface area contributed by atoms with Gasteiger partial charge in [-0.05, 0) is 35.9 Å². The molecule has 0 amide bonds. The first-order valence-corrected chi connectivity index (χ1v) is 9.91. The molecule has 0 fully saturated rings. The molecule has 0 spiro atoms. The summed E-state index contributed by atoms with van der Waals surface area (Å²) in [6, 6.07) is 10.4. The zero-order valence-electron chi connectivity index (χ0n) is 13.4. The van der Waals surface area contributed by atoms with Crippen molar-refractivity contribution in [1.29, 1.82) is 0 Å². The third kappa shape index (κ3) is 2.11. The number of hydrogen-bond donors (Lipinski definition) is 1. The van der Waals surface area contributed by atoms with Gasteiger partial charge in [0.25, 0.3) is 10.0 Å². The molecular weight excluding hydrogens is 377 g/mol. The Hall–Kier alpha value is -2.22. The number of rotatable bonds is 2. The second-order valence-electron chi connectivity index (χ2n) is 6.45. The molecule has 2 unspecified atom stereocenters. The quantitative estimate of drug-likeness (QED) is 0.731. The molecule has 5 nitrogen and oxygen atoms in total. The summed E-state index contributed by atoms with van der Waals surface area (Å²) < 4.78 is 41.5. The Kier molecular flexibility index (Phi) is 3.31. The van der Waals surface area contributed by atoms with Crippen LogP contribution in [0.3, 0.4) is 0 Å². The molecule has 3 aromatic rings. The van der Waals surface area contributed by atoms with Crippen LogP contribution in [-0.2, 0) is 16.4 Å². The Morgan fingerprint density at radius 1 is 1.15 bits per heavy atom. The predicted molar refractivity (Wildman–Crippen MR) is 94.1 cm³/mol. The topological polar surface area (TPSA) is 64.0 Å². The summed E-state index contributed by atoms with van der Waals surface area (Å²) in [4.78, 5) is 0.113. The number of aromatic nitrogens is 2. The van der Waals surface area contributed by atoms with Crippen molar-refractivity contribution in [1.82, 2.24) is 14.5 Å². The lowest BCUT2D eigenvalue weighted by Gasteiger charge is -2.23. The van der Waals surface area contributed by atoms with Crippen LogP contribution in [0.4, 0.5) is 4.39 Å². The molecule has 3 heterocycles. The van der Waals surface area contributed by atoms with Gasteiger partial charge in [-0.3, -0.25) is 5.32 Å². The van der Waals surface area contributed by atoms with Crippen LogP contribution in [0.5, 0.6) is 0 Å². The molecule has 1 N–H and O–H groups in total. The van der Waals surface area contributed by atoms with E-state index in [0.717, 1.165) is 9.65 Å². The Morgan fingerprint density at radius 2 is 1.92 bits per heavy atom. The molecule has 2 bridgehead atoms. The first-order chi connectivity index (χ1) is 12.5. The molecule has 2 aliphatic rings. The van der Waals surface area contributed by atoms with E-state index in [1.807, 2.05) is 6.07 Å². The van der Waals surface area contributed by atoms with E-state index in [9.17, 15) is 12.8 Å². The molecule has 2 aliphatic heterocycles. The van der Waals surface area contributed by atoms with Crippen LogP contribution in [0, 0.1) is 5.82 Å². The average molecular weight is 390 g/mol. The molecule has 0 saturated heterocycles. The van der Waals surface area contributed by atoms with E-state index in [2.05, 4.69) is 10.4 Å². The van der Waals surface area contributed by atoms with E-state index in [0.29, 0.717) is 28.3 Å². The standard InChI is InChI=1S/C18H13ClFN3O2S/c19-10-4-6-11(7-5-10)26(24,25)23-16-8-15-12-2-1-3-14(20)17(12)18(22-15)13(16)9-21-23/h1-7,9,15,18,22H,8H2. The highest BCUT2D eigenvalue weighted by Gasteiger charge is 2.42. The van der Waals surface area contributed by atoms with Crippen LogP contribution in [0.15, 0.2) is 53.6 Å². The molecule has 8 heteroatoms. The molecule has 0 radical (unpaired) electrons. The third-order valence-electron chi connectivity index (χ3n) is 5.03. The van der Waals surface area contributed by atoms with Gasteiger partial charge < -0.3 is 0 Å². The van der Waals surface area contributed by atoms with E-state index < -0.39 is 10.0 Å². The summed E-state index contributed by atoms with van der Waals surface area (Å²) in [6.07, 6.45) is 1.94. The van der Waals surface area contributed by atoms with Crippen molar-refractivity contribution in [3.63, 3.8) is 0 Å². The SMILES string of the molecule is O=S(=O)(c1ccc(Cl)cc1)n1ncc2c1CC1NC2c2c(F)cccc21. The minimum atomic E-state index is -3.85. The predicted octanol–water partition coefficient (Wildman–Crippen LogP) is 3.20. The highest BCUT2D eigenvalue weighted by atomic mass is 35.5. The van der Waals surface area contributed by atoms with Crippen LogP contribution in [-0.4, -0.2) is 17.6 Å². The highest BCUT2D eigenvalue weighted by Crippen LogP contribution is 2.45.